The minimum absolute atomic E-state index is 0.0601. The van der Waals surface area contributed by atoms with E-state index < -0.39 is 5.60 Å². The summed E-state index contributed by atoms with van der Waals surface area (Å²) in [6.45, 7) is 3.98. The first-order valence-electron chi connectivity index (χ1n) is 7.05. The number of carbonyl (C=O) groups excluding carboxylic acids is 2. The van der Waals surface area contributed by atoms with Crippen molar-refractivity contribution in [1.82, 2.24) is 4.98 Å². The number of hydrogen-bond acceptors (Lipinski definition) is 4. The highest BCUT2D eigenvalue weighted by atomic mass is 16.6. The van der Waals surface area contributed by atoms with Crippen LogP contribution in [-0.2, 0) is 14.3 Å². The third-order valence-electron chi connectivity index (χ3n) is 3.71. The van der Waals surface area contributed by atoms with Crippen molar-refractivity contribution in [2.75, 3.05) is 6.54 Å². The highest BCUT2D eigenvalue weighted by Gasteiger charge is 2.48. The van der Waals surface area contributed by atoms with Crippen molar-refractivity contribution < 1.29 is 19.6 Å². The van der Waals surface area contributed by atoms with Gasteiger partial charge in [0.05, 0.1) is 5.92 Å². The molecule has 0 amide bonds. The number of esters is 1. The van der Waals surface area contributed by atoms with Crippen LogP contribution in [0.2, 0.25) is 0 Å². The van der Waals surface area contributed by atoms with Crippen molar-refractivity contribution in [3.8, 4) is 0 Å². The molecule has 1 aliphatic heterocycles. The molecule has 1 aromatic rings. The van der Waals surface area contributed by atoms with Crippen LogP contribution in [0.15, 0.2) is 24.4 Å². The van der Waals surface area contributed by atoms with Gasteiger partial charge in [-0.1, -0.05) is 19.4 Å². The van der Waals surface area contributed by atoms with Crippen molar-refractivity contribution in [2.45, 2.75) is 38.7 Å². The quantitative estimate of drug-likeness (QED) is 0.786. The van der Waals surface area contributed by atoms with Gasteiger partial charge in [0, 0.05) is 18.7 Å². The molecule has 0 saturated carbocycles. The van der Waals surface area contributed by atoms with Crippen molar-refractivity contribution >= 4 is 17.6 Å². The summed E-state index contributed by atoms with van der Waals surface area (Å²) >= 11 is 0. The number of quaternary nitrogens is 1. The zero-order valence-corrected chi connectivity index (χ0v) is 12.0. The number of ether oxygens (including phenoxy) is 1. The Morgan fingerprint density at radius 3 is 3.00 bits per heavy atom. The van der Waals surface area contributed by atoms with E-state index in [2.05, 4.69) is 4.98 Å². The van der Waals surface area contributed by atoms with Gasteiger partial charge in [0.1, 0.15) is 6.54 Å². The van der Waals surface area contributed by atoms with E-state index in [1.807, 2.05) is 25.1 Å². The molecular weight excluding hydrogens is 256 g/mol. The summed E-state index contributed by atoms with van der Waals surface area (Å²) in [5.41, 5.74) is -0.970. The fraction of sp³-hybridized carbons (Fsp3) is 0.533. The fourth-order valence-electron chi connectivity index (χ4n) is 2.55. The molecule has 2 rings (SSSR count). The first-order valence-corrected chi connectivity index (χ1v) is 7.05. The van der Waals surface area contributed by atoms with Gasteiger partial charge in [0.15, 0.2) is 5.60 Å². The summed E-state index contributed by atoms with van der Waals surface area (Å²) in [6.07, 6.45) is 3.88. The van der Waals surface area contributed by atoms with Crippen LogP contribution in [0.4, 0.5) is 5.82 Å². The molecule has 5 heteroatoms. The van der Waals surface area contributed by atoms with E-state index >= 15 is 0 Å². The summed E-state index contributed by atoms with van der Waals surface area (Å²) in [4.78, 5) is 28.2. The second kappa shape index (κ2) is 6.13. The Morgan fingerprint density at radius 2 is 2.35 bits per heavy atom. The maximum atomic E-state index is 12.3. The molecular formula is C15H21N2O3+. The van der Waals surface area contributed by atoms with Gasteiger partial charge in [-0.25, -0.2) is 4.98 Å². The third-order valence-corrected chi connectivity index (χ3v) is 3.71. The van der Waals surface area contributed by atoms with E-state index in [0.717, 1.165) is 18.7 Å². The zero-order valence-electron chi connectivity index (χ0n) is 12.0. The van der Waals surface area contributed by atoms with Crippen LogP contribution in [-0.4, -0.2) is 28.9 Å². The fourth-order valence-corrected chi connectivity index (χ4v) is 2.55. The Hall–Kier alpha value is -1.75. The van der Waals surface area contributed by atoms with Crippen molar-refractivity contribution in [3.05, 3.63) is 24.4 Å². The van der Waals surface area contributed by atoms with E-state index in [4.69, 9.17) is 4.74 Å². The van der Waals surface area contributed by atoms with Gasteiger partial charge in [-0.15, -0.1) is 0 Å². The standard InChI is InChI=1S/C15H20N2O3/c1-3-6-11-9-15(2,20-14(11)19)12(18)10-17-13-7-4-5-8-16-13/h4-5,7-8,11H,3,6,9-10H2,1-2H3,(H,16,17)/p+1. The molecule has 20 heavy (non-hydrogen) atoms. The molecule has 0 radical (unpaired) electrons. The van der Waals surface area contributed by atoms with E-state index in [9.17, 15) is 9.59 Å². The number of pyridine rings is 1. The van der Waals surface area contributed by atoms with Crippen molar-refractivity contribution in [1.29, 1.82) is 0 Å². The smallest absolute Gasteiger partial charge is 0.310 e. The van der Waals surface area contributed by atoms with Gasteiger partial charge in [0.25, 0.3) is 0 Å². The number of Topliss-reactive ketones (excluding diaryl/α,β-unsaturated/α-hetero) is 1. The van der Waals surface area contributed by atoms with Crippen LogP contribution in [0.25, 0.3) is 0 Å². The Bertz CT molecular complexity index is 489. The number of ketones is 1. The topological polar surface area (TPSA) is 72.9 Å². The van der Waals surface area contributed by atoms with E-state index in [-0.39, 0.29) is 24.2 Å². The van der Waals surface area contributed by atoms with E-state index in [1.54, 1.807) is 18.4 Å². The SMILES string of the molecule is CCCC1CC(C)(C(=O)C[NH2+]c2ccccn2)OC1=O. The average Bonchev–Trinajstić information content (AvgIpc) is 2.74. The molecule has 1 aromatic heterocycles. The molecule has 2 unspecified atom stereocenters. The molecule has 1 aliphatic rings. The molecule has 5 nitrogen and oxygen atoms in total. The lowest BCUT2D eigenvalue weighted by atomic mass is 9.89. The van der Waals surface area contributed by atoms with E-state index in [1.165, 1.54) is 0 Å². The van der Waals surface area contributed by atoms with Crippen LogP contribution < -0.4 is 5.32 Å². The first-order chi connectivity index (χ1) is 9.55. The monoisotopic (exact) mass is 277 g/mol. The molecule has 2 N–H and O–H groups in total. The molecule has 1 fully saturated rings. The lowest BCUT2D eigenvalue weighted by Gasteiger charge is -2.19. The summed E-state index contributed by atoms with van der Waals surface area (Å²) < 4.78 is 5.34. The second-order valence-corrected chi connectivity index (χ2v) is 5.43. The maximum absolute atomic E-state index is 12.3. The highest BCUT2D eigenvalue weighted by Crippen LogP contribution is 2.33. The predicted molar refractivity (Wildman–Crippen MR) is 73.2 cm³/mol. The second-order valence-electron chi connectivity index (χ2n) is 5.43. The number of nitrogens with two attached hydrogens (primary N) is 1. The van der Waals surface area contributed by atoms with Gasteiger partial charge in [0.2, 0.25) is 11.6 Å². The molecule has 0 aliphatic carbocycles. The average molecular weight is 277 g/mol. The summed E-state index contributed by atoms with van der Waals surface area (Å²) in [5.74, 6) is 0.332. The third kappa shape index (κ3) is 3.22. The lowest BCUT2D eigenvalue weighted by molar-refractivity contribution is -0.563. The minimum Gasteiger partial charge on any atom is -0.451 e. The Kier molecular flexibility index (Phi) is 4.49. The maximum Gasteiger partial charge on any atom is 0.310 e. The normalized spacial score (nSPS) is 25.5. The minimum atomic E-state index is -0.970. The number of aromatic nitrogens is 1. The Balaban J connectivity index is 1.94. The van der Waals surface area contributed by atoms with Gasteiger partial charge >= 0.3 is 5.97 Å². The molecule has 0 aromatic carbocycles. The molecule has 108 valence electrons. The van der Waals surface area contributed by atoms with Gasteiger partial charge in [-0.2, -0.15) is 0 Å². The summed E-state index contributed by atoms with van der Waals surface area (Å²) in [5, 5.41) is 1.77. The van der Waals surface area contributed by atoms with Crippen LogP contribution in [0.1, 0.15) is 33.1 Å². The largest absolute Gasteiger partial charge is 0.451 e. The van der Waals surface area contributed by atoms with Crippen LogP contribution >= 0.6 is 0 Å². The van der Waals surface area contributed by atoms with Crippen molar-refractivity contribution in [2.24, 2.45) is 5.92 Å². The van der Waals surface area contributed by atoms with Gasteiger partial charge in [-0.05, 0) is 19.4 Å². The molecule has 0 bridgehead atoms. The zero-order chi connectivity index (χ0) is 14.6. The Labute approximate surface area is 118 Å². The molecule has 2 heterocycles. The molecule has 2 atom stereocenters. The summed E-state index contributed by atoms with van der Waals surface area (Å²) in [7, 11) is 0. The van der Waals surface area contributed by atoms with Crippen molar-refractivity contribution in [3.63, 3.8) is 0 Å². The number of cyclic esters (lactones) is 1. The number of hydrogen-bond donors (Lipinski definition) is 1. The highest BCUT2D eigenvalue weighted by molar-refractivity contribution is 5.93. The van der Waals surface area contributed by atoms with Gasteiger partial charge in [-0.3, -0.25) is 14.9 Å². The van der Waals surface area contributed by atoms with E-state index in [0.29, 0.717) is 6.42 Å². The number of carbonyl (C=O) groups is 2. The predicted octanol–water partition coefficient (Wildman–Crippen LogP) is 0.967. The first kappa shape index (κ1) is 14.7. The summed E-state index contributed by atoms with van der Waals surface area (Å²) in [6, 6.07) is 5.54. The number of rotatable bonds is 6. The van der Waals surface area contributed by atoms with Gasteiger partial charge < -0.3 is 4.74 Å². The molecule has 1 saturated heterocycles. The van der Waals surface area contributed by atoms with Crippen LogP contribution in [0.5, 0.6) is 0 Å². The number of nitrogens with zero attached hydrogens (tertiary/aromatic N) is 1. The van der Waals surface area contributed by atoms with Crippen LogP contribution in [0, 0.1) is 5.92 Å². The Morgan fingerprint density at radius 1 is 1.55 bits per heavy atom. The molecule has 0 spiro atoms. The van der Waals surface area contributed by atoms with Crippen LogP contribution in [0.3, 0.4) is 0 Å². The lowest BCUT2D eigenvalue weighted by Crippen LogP contribution is -2.81.